The third-order valence-electron chi connectivity index (χ3n) is 3.68. The van der Waals surface area contributed by atoms with Gasteiger partial charge in [0.25, 0.3) is 5.91 Å². The topological polar surface area (TPSA) is 89.9 Å². The van der Waals surface area contributed by atoms with E-state index >= 15 is 0 Å². The second-order valence-electron chi connectivity index (χ2n) is 5.58. The number of amides is 1. The molecule has 0 fully saturated rings. The Balaban J connectivity index is 1.67. The Morgan fingerprint density at radius 1 is 1.00 bits per heavy atom. The van der Waals surface area contributed by atoms with Crippen LogP contribution in [0.25, 0.3) is 0 Å². The summed E-state index contributed by atoms with van der Waals surface area (Å²) in [5.74, 6) is -0.254. The number of methoxy groups -OCH3 is 1. The van der Waals surface area contributed by atoms with Gasteiger partial charge in [-0.2, -0.15) is 5.10 Å². The number of benzene rings is 2. The van der Waals surface area contributed by atoms with Gasteiger partial charge < -0.3 is 9.47 Å². The maximum Gasteiger partial charge on any atom is 0.343 e. The predicted molar refractivity (Wildman–Crippen MR) is 104 cm³/mol. The lowest BCUT2D eigenvalue weighted by Gasteiger charge is -2.10. The smallest absolute Gasteiger partial charge is 0.343 e. The molecule has 0 atom stereocenters. The standard InChI is InChI=1S/C21H17N3O4/c1-27-19-13-15(14-23-24-20(25)17-9-5-6-12-22-17)10-11-18(19)28-21(26)16-7-3-2-4-8-16/h2-14H,1H3,(H,24,25)/b23-14-. The van der Waals surface area contributed by atoms with Crippen LogP contribution >= 0.6 is 0 Å². The molecule has 1 heterocycles. The van der Waals surface area contributed by atoms with Crippen molar-refractivity contribution < 1.29 is 19.1 Å². The lowest BCUT2D eigenvalue weighted by molar-refractivity contribution is 0.0729. The minimum atomic E-state index is -0.483. The van der Waals surface area contributed by atoms with Crippen LogP contribution in [0.2, 0.25) is 0 Å². The fraction of sp³-hybridized carbons (Fsp3) is 0.0476. The Hall–Kier alpha value is -4.00. The normalized spacial score (nSPS) is 10.5. The summed E-state index contributed by atoms with van der Waals surface area (Å²) in [5, 5.41) is 3.90. The molecular weight excluding hydrogens is 358 g/mol. The lowest BCUT2D eigenvalue weighted by Crippen LogP contribution is -2.18. The molecule has 1 amide bonds. The third kappa shape index (κ3) is 4.79. The summed E-state index contributed by atoms with van der Waals surface area (Å²) in [6.45, 7) is 0. The summed E-state index contributed by atoms with van der Waals surface area (Å²) in [6, 6.07) is 18.6. The van der Waals surface area contributed by atoms with E-state index in [4.69, 9.17) is 9.47 Å². The summed E-state index contributed by atoms with van der Waals surface area (Å²) in [6.07, 6.45) is 2.98. The number of aromatic nitrogens is 1. The van der Waals surface area contributed by atoms with Crippen LogP contribution in [-0.4, -0.2) is 30.2 Å². The van der Waals surface area contributed by atoms with E-state index in [0.717, 1.165) is 0 Å². The first-order chi connectivity index (χ1) is 13.7. The SMILES string of the molecule is COc1cc(/C=N\NC(=O)c2ccccn2)ccc1OC(=O)c1ccccc1. The van der Waals surface area contributed by atoms with Crippen molar-refractivity contribution >= 4 is 18.1 Å². The molecule has 140 valence electrons. The van der Waals surface area contributed by atoms with Gasteiger partial charge in [-0.25, -0.2) is 10.2 Å². The number of esters is 1. The highest BCUT2D eigenvalue weighted by Crippen LogP contribution is 2.28. The van der Waals surface area contributed by atoms with Gasteiger partial charge in [0.15, 0.2) is 11.5 Å². The van der Waals surface area contributed by atoms with Crippen LogP contribution in [0.5, 0.6) is 11.5 Å². The van der Waals surface area contributed by atoms with E-state index in [9.17, 15) is 9.59 Å². The molecule has 0 radical (unpaired) electrons. The van der Waals surface area contributed by atoms with E-state index in [2.05, 4.69) is 15.5 Å². The Bertz CT molecular complexity index is 989. The predicted octanol–water partition coefficient (Wildman–Crippen LogP) is 3.07. The molecule has 0 spiro atoms. The van der Waals surface area contributed by atoms with Crippen LogP contribution in [0.1, 0.15) is 26.4 Å². The number of carbonyl (C=O) groups is 2. The van der Waals surface area contributed by atoms with E-state index in [0.29, 0.717) is 16.9 Å². The number of rotatable bonds is 6. The Morgan fingerprint density at radius 3 is 2.50 bits per heavy atom. The van der Waals surface area contributed by atoms with E-state index in [-0.39, 0.29) is 11.4 Å². The van der Waals surface area contributed by atoms with E-state index in [1.54, 1.807) is 60.7 Å². The number of hydrogen-bond acceptors (Lipinski definition) is 6. The van der Waals surface area contributed by atoms with Crippen molar-refractivity contribution in [3.05, 3.63) is 89.7 Å². The highest BCUT2D eigenvalue weighted by atomic mass is 16.6. The first kappa shape index (κ1) is 18.8. The highest BCUT2D eigenvalue weighted by Gasteiger charge is 2.12. The van der Waals surface area contributed by atoms with Crippen LogP contribution in [0, 0.1) is 0 Å². The number of nitrogens with zero attached hydrogens (tertiary/aromatic N) is 2. The molecule has 0 aliphatic carbocycles. The summed E-state index contributed by atoms with van der Waals surface area (Å²) in [4.78, 5) is 28.0. The molecule has 0 bridgehead atoms. The number of hydrogen-bond donors (Lipinski definition) is 1. The van der Waals surface area contributed by atoms with Crippen molar-refractivity contribution in [2.75, 3.05) is 7.11 Å². The molecule has 7 heteroatoms. The van der Waals surface area contributed by atoms with Gasteiger partial charge in [0.05, 0.1) is 18.9 Å². The molecule has 0 aliphatic rings. The molecule has 3 rings (SSSR count). The van der Waals surface area contributed by atoms with Crippen molar-refractivity contribution in [2.45, 2.75) is 0 Å². The van der Waals surface area contributed by atoms with E-state index in [1.165, 1.54) is 19.5 Å². The minimum absolute atomic E-state index is 0.264. The number of nitrogens with one attached hydrogen (secondary N) is 1. The van der Waals surface area contributed by atoms with Crippen molar-refractivity contribution in [2.24, 2.45) is 5.10 Å². The van der Waals surface area contributed by atoms with Gasteiger partial charge in [0.1, 0.15) is 5.69 Å². The van der Waals surface area contributed by atoms with E-state index < -0.39 is 11.9 Å². The van der Waals surface area contributed by atoms with Crippen molar-refractivity contribution in [1.82, 2.24) is 10.4 Å². The molecule has 0 saturated heterocycles. The van der Waals surface area contributed by atoms with Gasteiger partial charge in [-0.15, -0.1) is 0 Å². The van der Waals surface area contributed by atoms with Crippen LogP contribution < -0.4 is 14.9 Å². The van der Waals surface area contributed by atoms with Crippen molar-refractivity contribution in [3.8, 4) is 11.5 Å². The fourth-order valence-electron chi connectivity index (χ4n) is 2.30. The van der Waals surface area contributed by atoms with Crippen LogP contribution in [-0.2, 0) is 0 Å². The molecule has 7 nitrogen and oxygen atoms in total. The number of carbonyl (C=O) groups excluding carboxylic acids is 2. The Morgan fingerprint density at radius 2 is 1.79 bits per heavy atom. The summed E-state index contributed by atoms with van der Waals surface area (Å²) in [7, 11) is 1.47. The third-order valence-corrected chi connectivity index (χ3v) is 3.68. The summed E-state index contributed by atoms with van der Waals surface area (Å²) >= 11 is 0. The maximum absolute atomic E-state index is 12.2. The Kier molecular flexibility index (Phi) is 6.10. The molecule has 0 saturated carbocycles. The zero-order chi connectivity index (χ0) is 19.8. The van der Waals surface area contributed by atoms with Crippen molar-refractivity contribution in [1.29, 1.82) is 0 Å². The summed E-state index contributed by atoms with van der Waals surface area (Å²) in [5.41, 5.74) is 3.75. The first-order valence-electron chi connectivity index (χ1n) is 8.37. The molecule has 0 aliphatic heterocycles. The molecule has 28 heavy (non-hydrogen) atoms. The largest absolute Gasteiger partial charge is 0.493 e. The average Bonchev–Trinajstić information content (AvgIpc) is 2.75. The minimum Gasteiger partial charge on any atom is -0.493 e. The van der Waals surface area contributed by atoms with Crippen LogP contribution in [0.15, 0.2) is 78.0 Å². The lowest BCUT2D eigenvalue weighted by atomic mass is 10.2. The zero-order valence-corrected chi connectivity index (χ0v) is 15.0. The maximum atomic E-state index is 12.2. The number of hydrazone groups is 1. The fourth-order valence-corrected chi connectivity index (χ4v) is 2.30. The van der Waals surface area contributed by atoms with Crippen molar-refractivity contribution in [3.63, 3.8) is 0 Å². The average molecular weight is 375 g/mol. The van der Waals surface area contributed by atoms with Gasteiger partial charge in [0.2, 0.25) is 0 Å². The molecule has 2 aromatic carbocycles. The molecule has 1 N–H and O–H groups in total. The van der Waals surface area contributed by atoms with Crippen LogP contribution in [0.3, 0.4) is 0 Å². The second-order valence-corrected chi connectivity index (χ2v) is 5.58. The molecule has 3 aromatic rings. The first-order valence-corrected chi connectivity index (χ1v) is 8.37. The Labute approximate surface area is 161 Å². The molecular formula is C21H17N3O4. The monoisotopic (exact) mass is 375 g/mol. The van der Waals surface area contributed by atoms with Gasteiger partial charge in [0, 0.05) is 6.20 Å². The zero-order valence-electron chi connectivity index (χ0n) is 15.0. The number of pyridine rings is 1. The highest BCUT2D eigenvalue weighted by molar-refractivity contribution is 5.93. The number of ether oxygens (including phenoxy) is 2. The van der Waals surface area contributed by atoms with Gasteiger partial charge in [-0.05, 0) is 48.0 Å². The van der Waals surface area contributed by atoms with Gasteiger partial charge in [-0.1, -0.05) is 24.3 Å². The van der Waals surface area contributed by atoms with E-state index in [1.807, 2.05) is 6.07 Å². The van der Waals surface area contributed by atoms with Gasteiger partial charge in [-0.3, -0.25) is 9.78 Å². The molecule has 0 unspecified atom stereocenters. The summed E-state index contributed by atoms with van der Waals surface area (Å²) < 4.78 is 10.7. The second kappa shape index (κ2) is 9.09. The van der Waals surface area contributed by atoms with Crippen LogP contribution in [0.4, 0.5) is 0 Å². The van der Waals surface area contributed by atoms with Gasteiger partial charge >= 0.3 is 5.97 Å². The molecule has 1 aromatic heterocycles. The quantitative estimate of drug-likeness (QED) is 0.309.